The molecule has 0 aliphatic rings. The molecule has 3 heterocycles. The Hall–Kier alpha value is -3.02. The van der Waals surface area contributed by atoms with Gasteiger partial charge in [0.25, 0.3) is 11.3 Å². The highest BCUT2D eigenvalue weighted by Gasteiger charge is 2.11. The van der Waals surface area contributed by atoms with Crippen LogP contribution < -0.4 is 5.56 Å². The Kier molecular flexibility index (Phi) is 2.17. The van der Waals surface area contributed by atoms with Gasteiger partial charge in [-0.05, 0) is 12.1 Å². The van der Waals surface area contributed by atoms with Crippen LogP contribution in [-0.2, 0) is 0 Å². The third kappa shape index (κ3) is 1.51. The molecular weight excluding hydrogens is 254 g/mol. The first-order valence-electron chi connectivity index (χ1n) is 6.12. The predicted molar refractivity (Wildman–Crippen MR) is 74.3 cm³/mol. The summed E-state index contributed by atoms with van der Waals surface area (Å²) in [6, 6.07) is 13.0. The summed E-state index contributed by atoms with van der Waals surface area (Å²) in [6.45, 7) is 0. The Morgan fingerprint density at radius 2 is 1.85 bits per heavy atom. The van der Waals surface area contributed by atoms with Crippen molar-refractivity contribution in [2.75, 3.05) is 0 Å². The van der Waals surface area contributed by atoms with Gasteiger partial charge in [0.05, 0.1) is 5.39 Å². The highest BCUT2D eigenvalue weighted by Crippen LogP contribution is 2.14. The van der Waals surface area contributed by atoms with Crippen molar-refractivity contribution in [1.82, 2.24) is 24.6 Å². The zero-order valence-corrected chi connectivity index (χ0v) is 10.3. The Balaban J connectivity index is 2.07. The van der Waals surface area contributed by atoms with Crippen LogP contribution in [0.1, 0.15) is 0 Å². The summed E-state index contributed by atoms with van der Waals surface area (Å²) < 4.78 is 1.34. The van der Waals surface area contributed by atoms with Crippen LogP contribution >= 0.6 is 0 Å². The molecule has 96 valence electrons. The molecule has 20 heavy (non-hydrogen) atoms. The monoisotopic (exact) mass is 263 g/mol. The van der Waals surface area contributed by atoms with E-state index in [0.29, 0.717) is 22.6 Å². The van der Waals surface area contributed by atoms with E-state index in [1.54, 1.807) is 18.3 Å². The molecule has 1 N–H and O–H groups in total. The summed E-state index contributed by atoms with van der Waals surface area (Å²) >= 11 is 0. The van der Waals surface area contributed by atoms with Crippen LogP contribution in [0.5, 0.6) is 0 Å². The number of benzene rings is 1. The topological polar surface area (TPSA) is 75.9 Å². The van der Waals surface area contributed by atoms with Crippen LogP contribution in [0, 0.1) is 0 Å². The molecule has 4 rings (SSSR count). The van der Waals surface area contributed by atoms with E-state index in [2.05, 4.69) is 20.1 Å². The quantitative estimate of drug-likeness (QED) is 0.566. The molecule has 0 saturated heterocycles. The Labute approximate surface area is 112 Å². The molecule has 4 aromatic rings. The van der Waals surface area contributed by atoms with Crippen molar-refractivity contribution in [3.05, 3.63) is 59.0 Å². The number of rotatable bonds is 1. The summed E-state index contributed by atoms with van der Waals surface area (Å²) in [5.74, 6) is 0.922. The van der Waals surface area contributed by atoms with E-state index >= 15 is 0 Å². The van der Waals surface area contributed by atoms with E-state index in [4.69, 9.17) is 0 Å². The van der Waals surface area contributed by atoms with Crippen LogP contribution in [0.4, 0.5) is 0 Å². The first-order chi connectivity index (χ1) is 9.83. The van der Waals surface area contributed by atoms with Gasteiger partial charge >= 0.3 is 0 Å². The van der Waals surface area contributed by atoms with E-state index < -0.39 is 0 Å². The largest absolute Gasteiger partial charge is 0.283 e. The third-order valence-corrected chi connectivity index (χ3v) is 3.10. The second-order valence-corrected chi connectivity index (χ2v) is 4.37. The summed E-state index contributed by atoms with van der Waals surface area (Å²) in [5.41, 5.74) is 1.10. The van der Waals surface area contributed by atoms with Gasteiger partial charge in [-0.25, -0.2) is 4.98 Å². The van der Waals surface area contributed by atoms with Gasteiger partial charge in [0.15, 0.2) is 11.5 Å². The van der Waals surface area contributed by atoms with E-state index in [9.17, 15) is 4.79 Å². The SMILES string of the molecule is O=c1c2cccnc2nc2nc(-c3ccccc3)[nH]n12. The average molecular weight is 263 g/mol. The zero-order valence-electron chi connectivity index (χ0n) is 10.3. The maximum absolute atomic E-state index is 12.3. The van der Waals surface area contributed by atoms with Crippen molar-refractivity contribution in [3.63, 3.8) is 0 Å². The normalized spacial score (nSPS) is 11.2. The van der Waals surface area contributed by atoms with E-state index in [1.165, 1.54) is 4.52 Å². The van der Waals surface area contributed by atoms with Gasteiger partial charge in [-0.1, -0.05) is 30.3 Å². The van der Waals surface area contributed by atoms with Crippen LogP contribution in [-0.4, -0.2) is 24.6 Å². The van der Waals surface area contributed by atoms with Gasteiger partial charge < -0.3 is 0 Å². The molecule has 0 fully saturated rings. The van der Waals surface area contributed by atoms with Gasteiger partial charge in [-0.2, -0.15) is 14.5 Å². The molecule has 0 amide bonds. The molecular formula is C14H9N5O. The second kappa shape index (κ2) is 3.99. The number of nitrogens with one attached hydrogen (secondary N) is 1. The van der Waals surface area contributed by atoms with Crippen molar-refractivity contribution in [1.29, 1.82) is 0 Å². The van der Waals surface area contributed by atoms with Gasteiger partial charge in [0.1, 0.15) is 0 Å². The molecule has 1 aromatic carbocycles. The zero-order chi connectivity index (χ0) is 13.5. The summed E-state index contributed by atoms with van der Waals surface area (Å²) in [6.07, 6.45) is 1.61. The number of hydrogen-bond acceptors (Lipinski definition) is 4. The Morgan fingerprint density at radius 3 is 2.70 bits per heavy atom. The first-order valence-corrected chi connectivity index (χ1v) is 6.12. The van der Waals surface area contributed by atoms with Crippen molar-refractivity contribution in [2.45, 2.75) is 0 Å². The predicted octanol–water partition coefficient (Wildman–Crippen LogP) is 1.63. The number of H-pyrrole nitrogens is 1. The van der Waals surface area contributed by atoms with Crippen molar-refractivity contribution >= 4 is 16.8 Å². The molecule has 6 heteroatoms. The highest BCUT2D eigenvalue weighted by atomic mass is 16.1. The van der Waals surface area contributed by atoms with Crippen molar-refractivity contribution < 1.29 is 0 Å². The third-order valence-electron chi connectivity index (χ3n) is 3.10. The molecule has 0 spiro atoms. The number of hydrogen-bond donors (Lipinski definition) is 1. The molecule has 0 aliphatic carbocycles. The summed E-state index contributed by atoms with van der Waals surface area (Å²) in [4.78, 5) is 25.1. The van der Waals surface area contributed by atoms with Crippen molar-refractivity contribution in [3.8, 4) is 11.4 Å². The number of pyridine rings is 1. The van der Waals surface area contributed by atoms with Crippen LogP contribution in [0.2, 0.25) is 0 Å². The minimum absolute atomic E-state index is 0.201. The van der Waals surface area contributed by atoms with E-state index in [0.717, 1.165) is 5.56 Å². The number of nitrogens with zero attached hydrogens (tertiary/aromatic N) is 4. The second-order valence-electron chi connectivity index (χ2n) is 4.37. The fourth-order valence-corrected chi connectivity index (χ4v) is 2.14. The lowest BCUT2D eigenvalue weighted by molar-refractivity contribution is 0.916. The maximum Gasteiger partial charge on any atom is 0.283 e. The molecule has 0 bridgehead atoms. The number of aromatic nitrogens is 5. The standard InChI is InChI=1S/C14H9N5O/c20-13-10-7-4-8-15-12(10)17-14-16-11(18-19(13)14)9-5-2-1-3-6-9/h1-8H,(H,15,16,17,18). The minimum Gasteiger partial charge on any atom is -0.271 e. The molecule has 0 saturated carbocycles. The van der Waals surface area contributed by atoms with Gasteiger partial charge in [0, 0.05) is 11.8 Å². The van der Waals surface area contributed by atoms with E-state index in [1.807, 2.05) is 30.3 Å². The fraction of sp³-hybridized carbons (Fsp3) is 0. The lowest BCUT2D eigenvalue weighted by atomic mass is 10.2. The fourth-order valence-electron chi connectivity index (χ4n) is 2.14. The smallest absolute Gasteiger partial charge is 0.271 e. The Morgan fingerprint density at radius 1 is 1.00 bits per heavy atom. The first kappa shape index (κ1) is 10.9. The van der Waals surface area contributed by atoms with Gasteiger partial charge in [0.2, 0.25) is 0 Å². The van der Waals surface area contributed by atoms with Crippen LogP contribution in [0.15, 0.2) is 53.5 Å². The van der Waals surface area contributed by atoms with Crippen molar-refractivity contribution in [2.24, 2.45) is 0 Å². The maximum atomic E-state index is 12.3. The molecule has 3 aromatic heterocycles. The van der Waals surface area contributed by atoms with Gasteiger partial charge in [-0.3, -0.25) is 9.89 Å². The molecule has 0 radical (unpaired) electrons. The summed E-state index contributed by atoms with van der Waals surface area (Å²) in [7, 11) is 0. The number of aromatic amines is 1. The minimum atomic E-state index is -0.201. The number of fused-ring (bicyclic) bond motifs is 2. The highest BCUT2D eigenvalue weighted by molar-refractivity contribution is 5.75. The lowest BCUT2D eigenvalue weighted by Crippen LogP contribution is -2.15. The van der Waals surface area contributed by atoms with Crippen LogP contribution in [0.25, 0.3) is 28.2 Å². The Bertz CT molecular complexity index is 971. The average Bonchev–Trinajstić information content (AvgIpc) is 2.93. The lowest BCUT2D eigenvalue weighted by Gasteiger charge is -1.95. The van der Waals surface area contributed by atoms with E-state index in [-0.39, 0.29) is 5.56 Å². The van der Waals surface area contributed by atoms with Crippen LogP contribution in [0.3, 0.4) is 0 Å². The molecule has 6 nitrogen and oxygen atoms in total. The molecule has 0 atom stereocenters. The summed E-state index contributed by atoms with van der Waals surface area (Å²) in [5, 5.41) is 3.44. The molecule has 0 aliphatic heterocycles. The molecule has 0 unspecified atom stereocenters. The van der Waals surface area contributed by atoms with Gasteiger partial charge in [-0.15, -0.1) is 0 Å².